The highest BCUT2D eigenvalue weighted by Crippen LogP contribution is 2.19. The maximum absolute atomic E-state index is 11.2. The molecule has 0 aliphatic carbocycles. The molecule has 4 heteroatoms. The van der Waals surface area contributed by atoms with Crippen LogP contribution >= 0.6 is 0 Å². The topological polar surface area (TPSA) is 47.6 Å². The maximum Gasteiger partial charge on any atom is 0.305 e. The van der Waals surface area contributed by atoms with Gasteiger partial charge in [0.25, 0.3) is 0 Å². The first-order valence-electron chi connectivity index (χ1n) is 6.67. The highest BCUT2D eigenvalue weighted by Gasteiger charge is 2.04. The Bertz CT molecular complexity index is 404. The van der Waals surface area contributed by atoms with E-state index in [1.165, 1.54) is 5.56 Å². The van der Waals surface area contributed by atoms with Crippen LogP contribution in [0.15, 0.2) is 18.2 Å². The third-order valence-electron chi connectivity index (χ3n) is 2.79. The molecule has 1 aromatic carbocycles. The predicted molar refractivity (Wildman–Crippen MR) is 75.3 cm³/mol. The van der Waals surface area contributed by atoms with Crippen molar-refractivity contribution in [3.05, 3.63) is 29.3 Å². The van der Waals surface area contributed by atoms with Crippen LogP contribution in [0.1, 0.15) is 30.9 Å². The summed E-state index contributed by atoms with van der Waals surface area (Å²) in [5, 5.41) is 3.31. The average Bonchev–Trinajstić information content (AvgIpc) is 2.39. The van der Waals surface area contributed by atoms with E-state index in [-0.39, 0.29) is 5.97 Å². The number of aryl methyl sites for hydroxylation is 1. The van der Waals surface area contributed by atoms with Crippen molar-refractivity contribution in [3.63, 3.8) is 0 Å². The van der Waals surface area contributed by atoms with Gasteiger partial charge in [-0.15, -0.1) is 0 Å². The zero-order valence-electron chi connectivity index (χ0n) is 12.0. The largest absolute Gasteiger partial charge is 0.496 e. The van der Waals surface area contributed by atoms with E-state index in [1.54, 1.807) is 7.11 Å². The number of nitrogens with one attached hydrogen (secondary N) is 1. The minimum absolute atomic E-state index is 0.127. The van der Waals surface area contributed by atoms with Crippen LogP contribution in [0.4, 0.5) is 0 Å². The van der Waals surface area contributed by atoms with Gasteiger partial charge in [-0.3, -0.25) is 4.79 Å². The predicted octanol–water partition coefficient (Wildman–Crippen LogP) is 2.44. The molecule has 0 heterocycles. The van der Waals surface area contributed by atoms with Crippen LogP contribution in [0.2, 0.25) is 0 Å². The Labute approximate surface area is 115 Å². The Morgan fingerprint density at radius 2 is 2.16 bits per heavy atom. The summed E-state index contributed by atoms with van der Waals surface area (Å²) in [6.07, 6.45) is 1.25. The van der Waals surface area contributed by atoms with Crippen LogP contribution < -0.4 is 10.1 Å². The lowest BCUT2D eigenvalue weighted by molar-refractivity contribution is -0.143. The van der Waals surface area contributed by atoms with Gasteiger partial charge in [0.1, 0.15) is 5.75 Å². The molecule has 1 rings (SSSR count). The minimum Gasteiger partial charge on any atom is -0.496 e. The molecule has 106 valence electrons. The van der Waals surface area contributed by atoms with E-state index in [0.717, 1.165) is 30.8 Å². The average molecular weight is 265 g/mol. The van der Waals surface area contributed by atoms with Crippen molar-refractivity contribution in [1.29, 1.82) is 0 Å². The van der Waals surface area contributed by atoms with Crippen molar-refractivity contribution in [3.8, 4) is 5.75 Å². The van der Waals surface area contributed by atoms with E-state index in [0.29, 0.717) is 13.0 Å². The highest BCUT2D eigenvalue weighted by atomic mass is 16.5. The van der Waals surface area contributed by atoms with E-state index in [9.17, 15) is 4.79 Å². The molecule has 0 bridgehead atoms. The Kier molecular flexibility index (Phi) is 6.97. The fourth-order valence-electron chi connectivity index (χ4n) is 1.86. The first-order valence-corrected chi connectivity index (χ1v) is 6.67. The van der Waals surface area contributed by atoms with Crippen LogP contribution in [-0.2, 0) is 16.1 Å². The standard InChI is InChI=1S/C15H23NO3/c1-4-19-15(17)6-5-9-16-11-13-10-12(2)7-8-14(13)18-3/h7-8,10,16H,4-6,9,11H2,1-3H3. The summed E-state index contributed by atoms with van der Waals surface area (Å²) in [6, 6.07) is 6.12. The molecule has 0 radical (unpaired) electrons. The van der Waals surface area contributed by atoms with E-state index in [1.807, 2.05) is 19.1 Å². The van der Waals surface area contributed by atoms with Gasteiger partial charge in [0, 0.05) is 18.5 Å². The second-order valence-electron chi connectivity index (χ2n) is 4.40. The molecule has 0 saturated carbocycles. The van der Waals surface area contributed by atoms with Crippen LogP contribution in [-0.4, -0.2) is 26.2 Å². The normalized spacial score (nSPS) is 10.3. The monoisotopic (exact) mass is 265 g/mol. The molecule has 0 atom stereocenters. The van der Waals surface area contributed by atoms with E-state index in [2.05, 4.69) is 18.3 Å². The molecule has 0 fully saturated rings. The second-order valence-corrected chi connectivity index (χ2v) is 4.40. The number of carbonyl (C=O) groups is 1. The molecule has 1 aromatic rings. The van der Waals surface area contributed by atoms with Gasteiger partial charge in [0.2, 0.25) is 0 Å². The fourth-order valence-corrected chi connectivity index (χ4v) is 1.86. The van der Waals surface area contributed by atoms with Crippen molar-refractivity contribution >= 4 is 5.97 Å². The SMILES string of the molecule is CCOC(=O)CCCNCc1cc(C)ccc1OC. The van der Waals surface area contributed by atoms with Gasteiger partial charge >= 0.3 is 5.97 Å². The summed E-state index contributed by atoms with van der Waals surface area (Å²) in [5.41, 5.74) is 2.35. The summed E-state index contributed by atoms with van der Waals surface area (Å²) in [4.78, 5) is 11.2. The van der Waals surface area contributed by atoms with Gasteiger partial charge in [-0.2, -0.15) is 0 Å². The third-order valence-corrected chi connectivity index (χ3v) is 2.79. The van der Waals surface area contributed by atoms with Gasteiger partial charge in [-0.05, 0) is 32.9 Å². The lowest BCUT2D eigenvalue weighted by atomic mass is 10.1. The maximum atomic E-state index is 11.2. The number of esters is 1. The first kappa shape index (κ1) is 15.5. The van der Waals surface area contributed by atoms with Crippen molar-refractivity contribution in [2.75, 3.05) is 20.3 Å². The van der Waals surface area contributed by atoms with E-state index in [4.69, 9.17) is 9.47 Å². The van der Waals surface area contributed by atoms with Gasteiger partial charge < -0.3 is 14.8 Å². The smallest absolute Gasteiger partial charge is 0.305 e. The number of carbonyl (C=O) groups excluding carboxylic acids is 1. The molecule has 0 spiro atoms. The van der Waals surface area contributed by atoms with Crippen molar-refractivity contribution in [1.82, 2.24) is 5.32 Å². The van der Waals surface area contributed by atoms with Gasteiger partial charge in [-0.25, -0.2) is 0 Å². The van der Waals surface area contributed by atoms with Crippen LogP contribution in [0, 0.1) is 6.92 Å². The lowest BCUT2D eigenvalue weighted by Crippen LogP contribution is -2.17. The molecule has 0 aliphatic heterocycles. The van der Waals surface area contributed by atoms with E-state index < -0.39 is 0 Å². The number of methoxy groups -OCH3 is 1. The molecule has 19 heavy (non-hydrogen) atoms. The molecule has 1 N–H and O–H groups in total. The molecule has 0 amide bonds. The van der Waals surface area contributed by atoms with Crippen molar-refractivity contribution < 1.29 is 14.3 Å². The van der Waals surface area contributed by atoms with Gasteiger partial charge in [0.05, 0.1) is 13.7 Å². The summed E-state index contributed by atoms with van der Waals surface area (Å²) in [6.45, 7) is 5.86. The van der Waals surface area contributed by atoms with Crippen LogP contribution in [0.3, 0.4) is 0 Å². The van der Waals surface area contributed by atoms with Gasteiger partial charge in [-0.1, -0.05) is 17.7 Å². The number of benzene rings is 1. The molecular formula is C15H23NO3. The van der Waals surface area contributed by atoms with Crippen LogP contribution in [0.5, 0.6) is 5.75 Å². The molecule has 0 saturated heterocycles. The number of hydrogen-bond donors (Lipinski definition) is 1. The van der Waals surface area contributed by atoms with Crippen LogP contribution in [0.25, 0.3) is 0 Å². The van der Waals surface area contributed by atoms with E-state index >= 15 is 0 Å². The second kappa shape index (κ2) is 8.53. The highest BCUT2D eigenvalue weighted by molar-refractivity contribution is 5.69. The lowest BCUT2D eigenvalue weighted by Gasteiger charge is -2.10. The number of rotatable bonds is 8. The summed E-state index contributed by atoms with van der Waals surface area (Å²) in [7, 11) is 1.68. The summed E-state index contributed by atoms with van der Waals surface area (Å²) < 4.78 is 10.2. The Morgan fingerprint density at radius 1 is 1.37 bits per heavy atom. The third kappa shape index (κ3) is 5.75. The summed E-state index contributed by atoms with van der Waals surface area (Å²) in [5.74, 6) is 0.765. The van der Waals surface area contributed by atoms with Crippen molar-refractivity contribution in [2.24, 2.45) is 0 Å². The molecule has 0 aliphatic rings. The summed E-state index contributed by atoms with van der Waals surface area (Å²) >= 11 is 0. The fraction of sp³-hybridized carbons (Fsp3) is 0.533. The Hall–Kier alpha value is -1.55. The Morgan fingerprint density at radius 3 is 2.84 bits per heavy atom. The zero-order valence-corrected chi connectivity index (χ0v) is 12.0. The molecule has 4 nitrogen and oxygen atoms in total. The van der Waals surface area contributed by atoms with Crippen molar-refractivity contribution in [2.45, 2.75) is 33.2 Å². The molecule has 0 aromatic heterocycles. The molecular weight excluding hydrogens is 242 g/mol. The zero-order chi connectivity index (χ0) is 14.1. The number of ether oxygens (including phenoxy) is 2. The Balaban J connectivity index is 2.29. The quantitative estimate of drug-likeness (QED) is 0.579. The van der Waals surface area contributed by atoms with Gasteiger partial charge in [0.15, 0.2) is 0 Å². The molecule has 0 unspecified atom stereocenters. The first-order chi connectivity index (χ1) is 9.17. The minimum atomic E-state index is -0.127. The number of hydrogen-bond acceptors (Lipinski definition) is 4.